The Morgan fingerprint density at radius 2 is 2.28 bits per heavy atom. The van der Waals surface area contributed by atoms with Gasteiger partial charge >= 0.3 is 6.03 Å². The summed E-state index contributed by atoms with van der Waals surface area (Å²) in [5.41, 5.74) is 0. The second kappa shape index (κ2) is 5.19. The molecule has 1 atom stereocenters. The Hall–Kier alpha value is -1.21. The van der Waals surface area contributed by atoms with Gasteiger partial charge in [-0.3, -0.25) is 5.32 Å². The van der Waals surface area contributed by atoms with Gasteiger partial charge in [-0.05, 0) is 25.7 Å². The van der Waals surface area contributed by atoms with Gasteiger partial charge in [0.1, 0.15) is 5.01 Å². The molecule has 1 aromatic heterocycles. The van der Waals surface area contributed by atoms with Crippen LogP contribution in [0.5, 0.6) is 0 Å². The van der Waals surface area contributed by atoms with Crippen molar-refractivity contribution in [1.82, 2.24) is 15.5 Å². The molecule has 18 heavy (non-hydrogen) atoms. The predicted molar refractivity (Wildman–Crippen MR) is 67.9 cm³/mol. The van der Waals surface area contributed by atoms with E-state index in [4.69, 9.17) is 4.74 Å². The van der Waals surface area contributed by atoms with Gasteiger partial charge in [-0.1, -0.05) is 11.3 Å². The lowest BCUT2D eigenvalue weighted by Crippen LogP contribution is -2.34. The Labute approximate surface area is 109 Å². The molecule has 1 aliphatic carbocycles. The number of anilines is 1. The highest BCUT2D eigenvalue weighted by molar-refractivity contribution is 7.15. The number of amides is 2. The molecule has 6 nitrogen and oxygen atoms in total. The predicted octanol–water partition coefficient (Wildman–Crippen LogP) is 1.72. The molecule has 1 saturated carbocycles. The maximum absolute atomic E-state index is 11.6. The van der Waals surface area contributed by atoms with E-state index in [9.17, 15) is 4.79 Å². The summed E-state index contributed by atoms with van der Waals surface area (Å²) in [6.45, 7) is 1.36. The van der Waals surface area contributed by atoms with E-state index in [1.165, 1.54) is 24.2 Å². The minimum atomic E-state index is -0.232. The van der Waals surface area contributed by atoms with Crippen LogP contribution in [0.2, 0.25) is 0 Å². The highest BCUT2D eigenvalue weighted by Crippen LogP contribution is 2.41. The summed E-state index contributed by atoms with van der Waals surface area (Å²) in [5, 5.41) is 15.1. The van der Waals surface area contributed by atoms with Gasteiger partial charge in [-0.25, -0.2) is 4.79 Å². The molecule has 0 aromatic carbocycles. The standard InChI is InChI=1S/C11H16N4O2S/c16-10(12-6-8-2-1-5-17-8)13-11-15-14-9(18-11)7-3-4-7/h7-8H,1-6H2,(H2,12,13,15,16)/t8-/m1/s1. The van der Waals surface area contributed by atoms with Gasteiger partial charge in [0.15, 0.2) is 0 Å². The summed E-state index contributed by atoms with van der Waals surface area (Å²) in [6.07, 6.45) is 4.65. The van der Waals surface area contributed by atoms with E-state index in [-0.39, 0.29) is 12.1 Å². The molecule has 98 valence electrons. The van der Waals surface area contributed by atoms with Gasteiger partial charge < -0.3 is 10.1 Å². The molecule has 2 fully saturated rings. The Morgan fingerprint density at radius 3 is 3.00 bits per heavy atom. The van der Waals surface area contributed by atoms with Gasteiger partial charge in [0, 0.05) is 19.1 Å². The zero-order valence-electron chi connectivity index (χ0n) is 10.0. The van der Waals surface area contributed by atoms with Gasteiger partial charge in [0.2, 0.25) is 5.13 Å². The molecule has 0 unspecified atom stereocenters. The number of hydrogen-bond donors (Lipinski definition) is 2. The van der Waals surface area contributed by atoms with Crippen molar-refractivity contribution in [3.05, 3.63) is 5.01 Å². The zero-order valence-corrected chi connectivity index (χ0v) is 10.8. The van der Waals surface area contributed by atoms with E-state index in [0.29, 0.717) is 17.6 Å². The molecule has 0 radical (unpaired) electrons. The third-order valence-corrected chi connectivity index (χ3v) is 4.10. The summed E-state index contributed by atoms with van der Waals surface area (Å²) < 4.78 is 5.43. The fourth-order valence-corrected chi connectivity index (χ4v) is 2.84. The van der Waals surface area contributed by atoms with Crippen LogP contribution in [-0.4, -0.2) is 35.5 Å². The first-order valence-electron chi connectivity index (χ1n) is 6.31. The highest BCUT2D eigenvalue weighted by atomic mass is 32.1. The smallest absolute Gasteiger partial charge is 0.321 e. The minimum absolute atomic E-state index is 0.159. The van der Waals surface area contributed by atoms with Gasteiger partial charge in [0.05, 0.1) is 6.10 Å². The lowest BCUT2D eigenvalue weighted by Gasteiger charge is -2.10. The number of rotatable bonds is 4. The second-order valence-corrected chi connectivity index (χ2v) is 5.70. The molecule has 0 bridgehead atoms. The first-order valence-corrected chi connectivity index (χ1v) is 7.13. The molecule has 1 saturated heterocycles. The van der Waals surface area contributed by atoms with Crippen molar-refractivity contribution < 1.29 is 9.53 Å². The van der Waals surface area contributed by atoms with E-state index in [1.54, 1.807) is 0 Å². The molecule has 1 aromatic rings. The summed E-state index contributed by atoms with van der Waals surface area (Å²) >= 11 is 1.46. The number of carbonyl (C=O) groups is 1. The normalized spacial score (nSPS) is 23.0. The maximum Gasteiger partial charge on any atom is 0.321 e. The molecule has 2 amide bonds. The lowest BCUT2D eigenvalue weighted by molar-refractivity contribution is 0.112. The van der Waals surface area contributed by atoms with E-state index in [1.807, 2.05) is 0 Å². The van der Waals surface area contributed by atoms with Crippen LogP contribution in [0.1, 0.15) is 36.6 Å². The number of ether oxygens (including phenoxy) is 1. The van der Waals surface area contributed by atoms with Crippen LogP contribution in [0.15, 0.2) is 0 Å². The first kappa shape index (κ1) is 11.9. The number of carbonyl (C=O) groups excluding carboxylic acids is 1. The summed E-state index contributed by atoms with van der Waals surface area (Å²) in [7, 11) is 0. The highest BCUT2D eigenvalue weighted by Gasteiger charge is 2.27. The summed E-state index contributed by atoms with van der Waals surface area (Å²) in [6, 6.07) is -0.232. The summed E-state index contributed by atoms with van der Waals surface area (Å²) in [5.74, 6) is 0.577. The minimum Gasteiger partial charge on any atom is -0.376 e. The lowest BCUT2D eigenvalue weighted by atomic mass is 10.2. The van der Waals surface area contributed by atoms with Gasteiger partial charge in [0.25, 0.3) is 0 Å². The van der Waals surface area contributed by atoms with Crippen LogP contribution < -0.4 is 10.6 Å². The number of nitrogens with zero attached hydrogens (tertiary/aromatic N) is 2. The monoisotopic (exact) mass is 268 g/mol. The Morgan fingerprint density at radius 1 is 1.39 bits per heavy atom. The topological polar surface area (TPSA) is 76.1 Å². The molecular formula is C11H16N4O2S. The van der Waals surface area contributed by atoms with E-state index in [0.717, 1.165) is 24.5 Å². The number of urea groups is 1. The quantitative estimate of drug-likeness (QED) is 0.871. The Bertz CT molecular complexity index is 426. The summed E-state index contributed by atoms with van der Waals surface area (Å²) in [4.78, 5) is 11.6. The van der Waals surface area contributed by atoms with E-state index in [2.05, 4.69) is 20.8 Å². The number of nitrogens with one attached hydrogen (secondary N) is 2. The third-order valence-electron chi connectivity index (χ3n) is 3.10. The molecule has 2 aliphatic rings. The Kier molecular flexibility index (Phi) is 3.42. The van der Waals surface area contributed by atoms with Crippen molar-refractivity contribution in [1.29, 1.82) is 0 Å². The number of hydrogen-bond acceptors (Lipinski definition) is 5. The second-order valence-electron chi connectivity index (χ2n) is 4.69. The van der Waals surface area contributed by atoms with E-state index < -0.39 is 0 Å². The third kappa shape index (κ3) is 2.97. The Balaban J connectivity index is 1.44. The molecular weight excluding hydrogens is 252 g/mol. The van der Waals surface area contributed by atoms with Crippen molar-refractivity contribution in [2.75, 3.05) is 18.5 Å². The van der Waals surface area contributed by atoms with Crippen LogP contribution in [-0.2, 0) is 4.74 Å². The maximum atomic E-state index is 11.6. The first-order chi connectivity index (χ1) is 8.81. The number of aromatic nitrogens is 2. The SMILES string of the molecule is O=C(NC[C@H]1CCCO1)Nc1nnc(C2CC2)s1. The fraction of sp³-hybridized carbons (Fsp3) is 0.727. The van der Waals surface area contributed by atoms with Crippen molar-refractivity contribution in [3.63, 3.8) is 0 Å². The van der Waals surface area contributed by atoms with Crippen LogP contribution in [0, 0.1) is 0 Å². The molecule has 0 spiro atoms. The van der Waals surface area contributed by atoms with Crippen LogP contribution >= 0.6 is 11.3 Å². The van der Waals surface area contributed by atoms with Crippen LogP contribution in [0.4, 0.5) is 9.93 Å². The molecule has 7 heteroatoms. The van der Waals surface area contributed by atoms with E-state index >= 15 is 0 Å². The van der Waals surface area contributed by atoms with Crippen molar-refractivity contribution in [2.45, 2.75) is 37.7 Å². The molecule has 2 N–H and O–H groups in total. The average molecular weight is 268 g/mol. The van der Waals surface area contributed by atoms with Crippen molar-refractivity contribution in [3.8, 4) is 0 Å². The van der Waals surface area contributed by atoms with Gasteiger partial charge in [-0.2, -0.15) is 0 Å². The molecule has 1 aliphatic heterocycles. The van der Waals surface area contributed by atoms with Crippen molar-refractivity contribution >= 4 is 22.5 Å². The fourth-order valence-electron chi connectivity index (χ4n) is 1.93. The van der Waals surface area contributed by atoms with Crippen LogP contribution in [0.3, 0.4) is 0 Å². The zero-order chi connectivity index (χ0) is 12.4. The van der Waals surface area contributed by atoms with Gasteiger partial charge in [-0.15, -0.1) is 10.2 Å². The molecule has 3 rings (SSSR count). The largest absolute Gasteiger partial charge is 0.376 e. The van der Waals surface area contributed by atoms with Crippen molar-refractivity contribution in [2.24, 2.45) is 0 Å². The van der Waals surface area contributed by atoms with Crippen LogP contribution in [0.25, 0.3) is 0 Å². The molecule has 2 heterocycles. The average Bonchev–Trinajstić information content (AvgIpc) is 2.90.